The summed E-state index contributed by atoms with van der Waals surface area (Å²) in [5, 5.41) is 0. The lowest BCUT2D eigenvalue weighted by molar-refractivity contribution is -0.888. The van der Waals surface area contributed by atoms with E-state index in [2.05, 4.69) is 40.1 Å². The van der Waals surface area contributed by atoms with Crippen molar-refractivity contribution in [1.82, 2.24) is 0 Å². The predicted molar refractivity (Wildman–Crippen MR) is 129 cm³/mol. The SMILES string of the molecule is CCCCCCCC/C=C/CCCCCCCCOP(=O)(O)OCC[N+](C)(C)CC. The molecule has 0 aliphatic rings. The van der Waals surface area contributed by atoms with Crippen molar-refractivity contribution in [2.75, 3.05) is 40.4 Å². The van der Waals surface area contributed by atoms with E-state index < -0.39 is 7.82 Å². The number of nitrogens with zero attached hydrogens (tertiary/aromatic N) is 1. The van der Waals surface area contributed by atoms with E-state index >= 15 is 0 Å². The van der Waals surface area contributed by atoms with Gasteiger partial charge < -0.3 is 9.38 Å². The van der Waals surface area contributed by atoms with Gasteiger partial charge in [0.1, 0.15) is 13.2 Å². The summed E-state index contributed by atoms with van der Waals surface area (Å²) in [7, 11) is 0.241. The summed E-state index contributed by atoms with van der Waals surface area (Å²) in [6.07, 6.45) is 22.1. The minimum Gasteiger partial charge on any atom is -0.327 e. The van der Waals surface area contributed by atoms with Crippen LogP contribution in [-0.2, 0) is 13.6 Å². The molecule has 1 atom stereocenters. The van der Waals surface area contributed by atoms with Crippen molar-refractivity contribution >= 4 is 7.82 Å². The Morgan fingerprint density at radius 2 is 1.20 bits per heavy atom. The van der Waals surface area contributed by atoms with Gasteiger partial charge in [0.25, 0.3) is 0 Å². The minimum absolute atomic E-state index is 0.238. The molecule has 0 bridgehead atoms. The van der Waals surface area contributed by atoms with Crippen molar-refractivity contribution in [3.05, 3.63) is 12.2 Å². The molecule has 0 aromatic heterocycles. The summed E-state index contributed by atoms with van der Waals surface area (Å²) in [5.74, 6) is 0. The van der Waals surface area contributed by atoms with Gasteiger partial charge in [-0.15, -0.1) is 0 Å². The van der Waals surface area contributed by atoms with Crippen LogP contribution < -0.4 is 0 Å². The van der Waals surface area contributed by atoms with E-state index in [0.29, 0.717) is 13.2 Å². The lowest BCUT2D eigenvalue weighted by atomic mass is 10.1. The number of phosphoric acid groups is 1. The number of quaternary nitrogens is 1. The first-order valence-corrected chi connectivity index (χ1v) is 13.9. The number of likely N-dealkylation sites (N-methyl/N-ethyl adjacent to an activating group) is 1. The van der Waals surface area contributed by atoms with Gasteiger partial charge in [0.05, 0.1) is 27.2 Å². The molecule has 0 spiro atoms. The lowest BCUT2D eigenvalue weighted by Gasteiger charge is -2.28. The van der Waals surface area contributed by atoms with Gasteiger partial charge in [-0.3, -0.25) is 9.05 Å². The zero-order valence-corrected chi connectivity index (χ0v) is 21.3. The first-order valence-electron chi connectivity index (χ1n) is 12.4. The molecular formula is C24H51NO4P+. The van der Waals surface area contributed by atoms with Gasteiger partial charge in [-0.2, -0.15) is 0 Å². The molecule has 0 saturated carbocycles. The van der Waals surface area contributed by atoms with Crippen molar-refractivity contribution < 1.29 is 23.0 Å². The van der Waals surface area contributed by atoms with Gasteiger partial charge in [0.15, 0.2) is 0 Å². The van der Waals surface area contributed by atoms with Gasteiger partial charge in [-0.05, 0) is 39.0 Å². The van der Waals surface area contributed by atoms with Gasteiger partial charge in [-0.1, -0.05) is 76.9 Å². The monoisotopic (exact) mass is 448 g/mol. The molecule has 0 radical (unpaired) electrons. The van der Waals surface area contributed by atoms with Gasteiger partial charge in [0, 0.05) is 0 Å². The number of allylic oxidation sites excluding steroid dienone is 2. The molecule has 0 aromatic rings. The standard InChI is InChI=1S/C24H50NO4P/c1-5-7-8-9-10-11-12-13-14-15-16-17-18-19-20-21-23-28-30(26,27)29-24-22-25(3,4)6-2/h13-14H,5-12,15-24H2,1-4H3/p+1/b14-13+. The molecule has 5 nitrogen and oxygen atoms in total. The van der Waals surface area contributed by atoms with E-state index in [1.54, 1.807) is 0 Å². The Labute approximate surface area is 187 Å². The third kappa shape index (κ3) is 21.1. The summed E-state index contributed by atoms with van der Waals surface area (Å²) in [6.45, 7) is 6.53. The average molecular weight is 449 g/mol. The van der Waals surface area contributed by atoms with E-state index in [0.717, 1.165) is 30.3 Å². The summed E-state index contributed by atoms with van der Waals surface area (Å²) >= 11 is 0. The topological polar surface area (TPSA) is 55.8 Å². The molecule has 0 heterocycles. The van der Waals surface area contributed by atoms with Crippen LogP contribution in [0.25, 0.3) is 0 Å². The van der Waals surface area contributed by atoms with Crippen LogP contribution in [0.2, 0.25) is 0 Å². The summed E-state index contributed by atoms with van der Waals surface area (Å²) < 4.78 is 22.7. The van der Waals surface area contributed by atoms with Crippen LogP contribution in [0.1, 0.15) is 104 Å². The zero-order chi connectivity index (χ0) is 22.6. The summed E-state index contributed by atoms with van der Waals surface area (Å²) in [4.78, 5) is 9.71. The number of unbranched alkanes of at least 4 members (excludes halogenated alkanes) is 12. The highest BCUT2D eigenvalue weighted by Crippen LogP contribution is 2.43. The molecule has 0 aromatic carbocycles. The van der Waals surface area contributed by atoms with E-state index in [9.17, 15) is 9.46 Å². The molecule has 180 valence electrons. The highest BCUT2D eigenvalue weighted by atomic mass is 31.2. The third-order valence-corrected chi connectivity index (χ3v) is 6.74. The number of rotatable bonds is 22. The number of hydrogen-bond donors (Lipinski definition) is 1. The predicted octanol–water partition coefficient (Wildman–Crippen LogP) is 7.25. The van der Waals surface area contributed by atoms with Crippen LogP contribution in [0.4, 0.5) is 0 Å². The first-order chi connectivity index (χ1) is 14.3. The summed E-state index contributed by atoms with van der Waals surface area (Å²) in [6, 6.07) is 0. The second kappa shape index (κ2) is 19.5. The average Bonchev–Trinajstić information content (AvgIpc) is 2.70. The second-order valence-corrected chi connectivity index (χ2v) is 10.5. The Bertz CT molecular complexity index is 454. The smallest absolute Gasteiger partial charge is 0.327 e. The second-order valence-electron chi connectivity index (χ2n) is 9.05. The van der Waals surface area contributed by atoms with Crippen molar-refractivity contribution in [3.8, 4) is 0 Å². The molecule has 30 heavy (non-hydrogen) atoms. The Hall–Kier alpha value is -0.190. The zero-order valence-electron chi connectivity index (χ0n) is 20.4. The van der Waals surface area contributed by atoms with E-state index in [-0.39, 0.29) is 6.61 Å². The lowest BCUT2D eigenvalue weighted by Crippen LogP contribution is -2.41. The highest BCUT2D eigenvalue weighted by molar-refractivity contribution is 7.47. The molecular weight excluding hydrogens is 397 g/mol. The Morgan fingerprint density at radius 1 is 0.733 bits per heavy atom. The quantitative estimate of drug-likeness (QED) is 0.0820. The molecule has 0 fully saturated rings. The Balaban J connectivity index is 3.41. The molecule has 1 N–H and O–H groups in total. The van der Waals surface area contributed by atoms with Crippen LogP contribution in [0.3, 0.4) is 0 Å². The number of phosphoric ester groups is 1. The van der Waals surface area contributed by atoms with Crippen LogP contribution in [0, 0.1) is 0 Å². The van der Waals surface area contributed by atoms with Crippen LogP contribution >= 0.6 is 7.82 Å². The van der Waals surface area contributed by atoms with Crippen molar-refractivity contribution in [3.63, 3.8) is 0 Å². The number of hydrogen-bond acceptors (Lipinski definition) is 3. The molecule has 0 aliphatic carbocycles. The Kier molecular flexibility index (Phi) is 19.4. The van der Waals surface area contributed by atoms with Crippen molar-refractivity contribution in [2.45, 2.75) is 104 Å². The van der Waals surface area contributed by atoms with Crippen LogP contribution in [-0.4, -0.2) is 49.8 Å². The van der Waals surface area contributed by atoms with Crippen LogP contribution in [0.15, 0.2) is 12.2 Å². The van der Waals surface area contributed by atoms with E-state index in [1.807, 2.05) is 0 Å². The maximum Gasteiger partial charge on any atom is 0.472 e. The molecule has 1 unspecified atom stereocenters. The fraction of sp³-hybridized carbons (Fsp3) is 0.917. The maximum absolute atomic E-state index is 11.8. The van der Waals surface area contributed by atoms with Gasteiger partial charge >= 0.3 is 7.82 Å². The Morgan fingerprint density at radius 3 is 1.73 bits per heavy atom. The molecule has 0 rings (SSSR count). The molecule has 0 saturated heterocycles. The minimum atomic E-state index is -3.90. The maximum atomic E-state index is 11.8. The van der Waals surface area contributed by atoms with E-state index in [4.69, 9.17) is 9.05 Å². The molecule has 0 aliphatic heterocycles. The highest BCUT2D eigenvalue weighted by Gasteiger charge is 2.22. The largest absolute Gasteiger partial charge is 0.472 e. The normalized spacial score (nSPS) is 14.4. The third-order valence-electron chi connectivity index (χ3n) is 5.72. The summed E-state index contributed by atoms with van der Waals surface area (Å²) in [5.41, 5.74) is 0. The fourth-order valence-electron chi connectivity index (χ4n) is 3.13. The molecule has 6 heteroatoms. The van der Waals surface area contributed by atoms with Gasteiger partial charge in [0.2, 0.25) is 0 Å². The van der Waals surface area contributed by atoms with Gasteiger partial charge in [-0.25, -0.2) is 4.57 Å². The first kappa shape index (κ1) is 29.8. The molecule has 0 amide bonds. The van der Waals surface area contributed by atoms with Crippen molar-refractivity contribution in [1.29, 1.82) is 0 Å². The van der Waals surface area contributed by atoms with Crippen molar-refractivity contribution in [2.24, 2.45) is 0 Å². The van der Waals surface area contributed by atoms with E-state index in [1.165, 1.54) is 70.6 Å². The fourth-order valence-corrected chi connectivity index (χ4v) is 3.87. The van der Waals surface area contributed by atoms with Crippen LogP contribution in [0.5, 0.6) is 0 Å².